The Bertz CT molecular complexity index is 3390. The summed E-state index contributed by atoms with van der Waals surface area (Å²) in [6.45, 7) is 11.3. The molecule has 3 aliphatic carbocycles. The number of rotatable bonds is 5. The Labute approximate surface area is 356 Å². The summed E-state index contributed by atoms with van der Waals surface area (Å²) in [4.78, 5) is 2.49. The van der Waals surface area contributed by atoms with Crippen LogP contribution in [0.5, 0.6) is 0 Å². The van der Waals surface area contributed by atoms with Gasteiger partial charge in [-0.15, -0.1) is 0 Å². The number of furan rings is 1. The summed E-state index contributed by atoms with van der Waals surface area (Å²) in [6.07, 6.45) is 4.21. The average Bonchev–Trinajstić information content (AvgIpc) is 3.98. The molecular weight excluding hydrogens is 739 g/mol. The van der Waals surface area contributed by atoms with E-state index in [1.165, 1.54) is 66.8 Å². The van der Waals surface area contributed by atoms with Crippen LogP contribution in [0, 0.1) is 0 Å². The zero-order chi connectivity index (χ0) is 41.0. The first kappa shape index (κ1) is 35.5. The monoisotopic (exact) mass is 781 g/mol. The molecule has 1 aromatic heterocycles. The molecule has 1 spiro atoms. The maximum atomic E-state index is 6.49. The van der Waals surface area contributed by atoms with Crippen molar-refractivity contribution in [3.05, 3.63) is 244 Å². The third-order valence-corrected chi connectivity index (χ3v) is 13.8. The smallest absolute Gasteiger partial charge is 0.142 e. The van der Waals surface area contributed by atoms with Crippen LogP contribution < -0.4 is 15.5 Å². The van der Waals surface area contributed by atoms with Crippen LogP contribution in [0.2, 0.25) is 0 Å². The van der Waals surface area contributed by atoms with Crippen LogP contribution in [-0.2, 0) is 10.8 Å². The predicted octanol–water partition coefficient (Wildman–Crippen LogP) is 13.7. The summed E-state index contributed by atoms with van der Waals surface area (Å²) in [6, 6.07) is 67.3. The van der Waals surface area contributed by atoms with Crippen molar-refractivity contribution in [2.24, 2.45) is 0 Å². The molecule has 0 unspecified atom stereocenters. The lowest BCUT2D eigenvalue weighted by Gasteiger charge is -2.32. The predicted molar refractivity (Wildman–Crippen MR) is 253 cm³/mol. The Balaban J connectivity index is 1.11. The summed E-state index contributed by atoms with van der Waals surface area (Å²) >= 11 is 0. The summed E-state index contributed by atoms with van der Waals surface area (Å²) in [5.41, 5.74) is 22.3. The highest BCUT2D eigenvalue weighted by molar-refractivity contribution is 6.01. The Morgan fingerprint density at radius 3 is 1.74 bits per heavy atom. The Morgan fingerprint density at radius 1 is 0.525 bits per heavy atom. The van der Waals surface area contributed by atoms with Gasteiger partial charge in [-0.05, 0) is 110 Å². The SMILES string of the molecule is C=c1/c(=C(\C=C/C)c2ccc(N(c3ccc4c(c3)C(C)(C)c3ccccc3-4)c3cccc4c3-c3ccccc3C43c4ccccc4-c4ccccc43)cc2)oc2ccccc12. The molecular formula is C59H43NO. The van der Waals surface area contributed by atoms with E-state index in [1.54, 1.807) is 0 Å². The Morgan fingerprint density at radius 2 is 1.07 bits per heavy atom. The standard InChI is InChI=1S/C59H43NO/c1-5-17-42(57-37(2)41-18-10-15-29-55(41)61-57)38-30-32-39(33-31-38)60(40-34-35-46-43-19-6-11-23-48(43)58(3,4)53(46)36-40)54-28-16-27-52-56(54)47-22-9-14-26-51(47)59(52)49-24-12-7-20-44(49)45-21-8-13-25-50(45)59/h5-36H,2H2,1,3-4H3/b17-5-,57-42-. The van der Waals surface area contributed by atoms with Crippen LogP contribution >= 0.6 is 0 Å². The van der Waals surface area contributed by atoms with E-state index in [0.717, 1.165) is 49.8 Å². The van der Waals surface area contributed by atoms with Crippen molar-refractivity contribution in [1.82, 2.24) is 0 Å². The second-order valence-corrected chi connectivity index (χ2v) is 17.2. The first-order valence-corrected chi connectivity index (χ1v) is 21.3. The molecule has 61 heavy (non-hydrogen) atoms. The molecule has 2 heteroatoms. The maximum absolute atomic E-state index is 6.49. The Hall–Kier alpha value is -7.42. The van der Waals surface area contributed by atoms with Crippen molar-refractivity contribution in [3.8, 4) is 33.4 Å². The number of benzene rings is 8. The van der Waals surface area contributed by atoms with Crippen LogP contribution in [0.25, 0.3) is 56.5 Å². The van der Waals surface area contributed by atoms with Crippen LogP contribution in [0.3, 0.4) is 0 Å². The second-order valence-electron chi connectivity index (χ2n) is 17.2. The highest BCUT2D eigenvalue weighted by Crippen LogP contribution is 2.64. The molecule has 290 valence electrons. The highest BCUT2D eigenvalue weighted by Gasteiger charge is 2.52. The minimum absolute atomic E-state index is 0.154. The molecule has 0 radical (unpaired) electrons. The number of fused-ring (bicyclic) bond motifs is 14. The van der Waals surface area contributed by atoms with Gasteiger partial charge < -0.3 is 9.32 Å². The van der Waals surface area contributed by atoms with Gasteiger partial charge in [0.2, 0.25) is 0 Å². The molecule has 0 saturated heterocycles. The van der Waals surface area contributed by atoms with Crippen molar-refractivity contribution in [2.45, 2.75) is 31.6 Å². The van der Waals surface area contributed by atoms with E-state index in [1.807, 2.05) is 18.2 Å². The molecule has 0 fully saturated rings. The molecule has 3 aliphatic rings. The number of para-hydroxylation sites is 1. The third kappa shape index (κ3) is 4.79. The van der Waals surface area contributed by atoms with Crippen LogP contribution in [0.4, 0.5) is 17.1 Å². The first-order valence-electron chi connectivity index (χ1n) is 21.3. The van der Waals surface area contributed by atoms with Crippen molar-refractivity contribution in [2.75, 3.05) is 4.90 Å². The molecule has 0 aliphatic heterocycles. The van der Waals surface area contributed by atoms with Gasteiger partial charge in [0.05, 0.1) is 11.1 Å². The molecule has 8 aromatic carbocycles. The van der Waals surface area contributed by atoms with E-state index < -0.39 is 5.41 Å². The lowest BCUT2D eigenvalue weighted by molar-refractivity contribution is 0.573. The van der Waals surface area contributed by atoms with Crippen molar-refractivity contribution in [1.29, 1.82) is 0 Å². The fourth-order valence-corrected chi connectivity index (χ4v) is 11.1. The van der Waals surface area contributed by atoms with Crippen LogP contribution in [-0.4, -0.2) is 0 Å². The minimum Gasteiger partial charge on any atom is -0.455 e. The van der Waals surface area contributed by atoms with Gasteiger partial charge in [-0.3, -0.25) is 0 Å². The zero-order valence-electron chi connectivity index (χ0n) is 34.5. The van der Waals surface area contributed by atoms with Gasteiger partial charge in [0.25, 0.3) is 0 Å². The number of hydrogen-bond donors (Lipinski definition) is 0. The van der Waals surface area contributed by atoms with Gasteiger partial charge in [0, 0.05) is 38.5 Å². The van der Waals surface area contributed by atoms with Gasteiger partial charge in [0.15, 0.2) is 0 Å². The van der Waals surface area contributed by atoms with Crippen molar-refractivity contribution >= 4 is 40.2 Å². The van der Waals surface area contributed by atoms with E-state index >= 15 is 0 Å². The topological polar surface area (TPSA) is 16.4 Å². The summed E-state index contributed by atoms with van der Waals surface area (Å²) in [5, 5.41) is 1.94. The minimum atomic E-state index is -0.443. The molecule has 0 N–H and O–H groups in total. The number of hydrogen-bond acceptors (Lipinski definition) is 2. The van der Waals surface area contributed by atoms with Crippen LogP contribution in [0.15, 0.2) is 199 Å². The number of allylic oxidation sites excluding steroid dienone is 2. The average molecular weight is 782 g/mol. The second kappa shape index (κ2) is 13.0. The quantitative estimate of drug-likeness (QED) is 0.173. The summed E-state index contributed by atoms with van der Waals surface area (Å²) < 4.78 is 6.49. The highest BCUT2D eigenvalue weighted by atomic mass is 16.3. The normalized spacial score (nSPS) is 15.0. The summed E-state index contributed by atoms with van der Waals surface area (Å²) in [5.74, 6) is 0. The zero-order valence-corrected chi connectivity index (χ0v) is 34.5. The lowest BCUT2D eigenvalue weighted by Crippen LogP contribution is -2.26. The molecule has 2 nitrogen and oxygen atoms in total. The van der Waals surface area contributed by atoms with Crippen molar-refractivity contribution < 1.29 is 4.42 Å². The molecule has 1 heterocycles. The van der Waals surface area contributed by atoms with Gasteiger partial charge in [-0.2, -0.15) is 0 Å². The third-order valence-electron chi connectivity index (χ3n) is 13.8. The lowest BCUT2D eigenvalue weighted by atomic mass is 9.70. The molecule has 0 atom stereocenters. The van der Waals surface area contributed by atoms with Crippen LogP contribution in [0.1, 0.15) is 59.7 Å². The number of nitrogens with zero attached hydrogens (tertiary/aromatic N) is 1. The maximum Gasteiger partial charge on any atom is 0.142 e. The Kier molecular flexibility index (Phi) is 7.59. The first-order chi connectivity index (χ1) is 29.9. The van der Waals surface area contributed by atoms with E-state index in [4.69, 9.17) is 4.42 Å². The summed E-state index contributed by atoms with van der Waals surface area (Å²) in [7, 11) is 0. The fourth-order valence-electron chi connectivity index (χ4n) is 11.1. The molecule has 0 bridgehead atoms. The van der Waals surface area contributed by atoms with E-state index in [9.17, 15) is 0 Å². The van der Waals surface area contributed by atoms with Gasteiger partial charge in [0.1, 0.15) is 11.0 Å². The van der Waals surface area contributed by atoms with Gasteiger partial charge in [-0.1, -0.05) is 178 Å². The fraction of sp³-hybridized carbons (Fsp3) is 0.0847. The molecule has 12 rings (SSSR count). The number of anilines is 3. The van der Waals surface area contributed by atoms with E-state index in [0.29, 0.717) is 0 Å². The molecule has 0 saturated carbocycles. The van der Waals surface area contributed by atoms with E-state index in [2.05, 4.69) is 208 Å². The van der Waals surface area contributed by atoms with Gasteiger partial charge in [-0.25, -0.2) is 0 Å². The van der Waals surface area contributed by atoms with Gasteiger partial charge >= 0.3 is 0 Å². The molecule has 9 aromatic rings. The van der Waals surface area contributed by atoms with Crippen molar-refractivity contribution in [3.63, 3.8) is 0 Å². The van der Waals surface area contributed by atoms with E-state index in [-0.39, 0.29) is 5.41 Å². The molecule has 0 amide bonds. The largest absolute Gasteiger partial charge is 0.455 e.